The molecule has 0 fully saturated rings. The Morgan fingerprint density at radius 2 is 1.79 bits per heavy atom. The van der Waals surface area contributed by atoms with Gasteiger partial charge in [0.15, 0.2) is 0 Å². The number of nitrogens with zero attached hydrogens (tertiary/aromatic N) is 1. The molecular formula is C17H12Cl2N2O2S. The fraction of sp³-hybridized carbons (Fsp3) is 0.0588. The fourth-order valence-corrected chi connectivity index (χ4v) is 3.37. The van der Waals surface area contributed by atoms with Gasteiger partial charge in [0, 0.05) is 26.6 Å². The molecule has 1 amide bonds. The van der Waals surface area contributed by atoms with Crippen LogP contribution in [0, 0.1) is 0 Å². The topological polar surface area (TPSA) is 65.2 Å². The van der Waals surface area contributed by atoms with Gasteiger partial charge in [-0.3, -0.25) is 4.79 Å². The average Bonchev–Trinajstić information content (AvgIpc) is 3.01. The third-order valence-electron chi connectivity index (χ3n) is 3.19. The number of amides is 1. The van der Waals surface area contributed by atoms with Gasteiger partial charge in [-0.25, -0.2) is 4.98 Å². The minimum Gasteiger partial charge on any atom is -0.487 e. The molecule has 2 N–H and O–H groups in total. The lowest BCUT2D eigenvalue weighted by atomic mass is 10.1. The Morgan fingerprint density at radius 1 is 1.12 bits per heavy atom. The lowest BCUT2D eigenvalue weighted by molar-refractivity contribution is 0.100. The van der Waals surface area contributed by atoms with Gasteiger partial charge in [-0.2, -0.15) is 0 Å². The molecule has 122 valence electrons. The molecule has 0 saturated carbocycles. The lowest BCUT2D eigenvalue weighted by Gasteiger charge is -2.05. The predicted molar refractivity (Wildman–Crippen MR) is 96.9 cm³/mol. The minimum atomic E-state index is -0.449. The van der Waals surface area contributed by atoms with E-state index in [1.165, 1.54) is 11.3 Å². The highest BCUT2D eigenvalue weighted by Gasteiger charge is 2.07. The highest BCUT2D eigenvalue weighted by atomic mass is 35.5. The number of thiazole rings is 1. The van der Waals surface area contributed by atoms with Gasteiger partial charge in [0.1, 0.15) is 17.4 Å². The molecule has 0 aliphatic heterocycles. The van der Waals surface area contributed by atoms with Crippen LogP contribution in [0.25, 0.3) is 10.6 Å². The third kappa shape index (κ3) is 4.06. The number of ether oxygens (including phenoxy) is 1. The Balaban J connectivity index is 1.70. The van der Waals surface area contributed by atoms with E-state index in [1.54, 1.807) is 30.3 Å². The van der Waals surface area contributed by atoms with Crippen molar-refractivity contribution >= 4 is 40.4 Å². The van der Waals surface area contributed by atoms with Crippen molar-refractivity contribution in [3.05, 3.63) is 69.1 Å². The van der Waals surface area contributed by atoms with Crippen molar-refractivity contribution in [1.82, 2.24) is 4.98 Å². The molecule has 7 heteroatoms. The van der Waals surface area contributed by atoms with E-state index in [0.29, 0.717) is 28.0 Å². The van der Waals surface area contributed by atoms with Crippen LogP contribution in [-0.2, 0) is 6.61 Å². The van der Waals surface area contributed by atoms with Crippen LogP contribution in [0.4, 0.5) is 0 Å². The lowest BCUT2D eigenvalue weighted by Crippen LogP contribution is -2.10. The van der Waals surface area contributed by atoms with Crippen LogP contribution in [-0.4, -0.2) is 10.9 Å². The van der Waals surface area contributed by atoms with E-state index in [0.717, 1.165) is 16.3 Å². The van der Waals surface area contributed by atoms with Crippen LogP contribution in [0.1, 0.15) is 16.1 Å². The van der Waals surface area contributed by atoms with Gasteiger partial charge in [0.05, 0.1) is 5.69 Å². The highest BCUT2D eigenvalue weighted by Crippen LogP contribution is 2.27. The summed E-state index contributed by atoms with van der Waals surface area (Å²) in [5.41, 5.74) is 7.42. The Kier molecular flexibility index (Phi) is 5.04. The van der Waals surface area contributed by atoms with E-state index in [9.17, 15) is 4.79 Å². The first kappa shape index (κ1) is 16.8. The summed E-state index contributed by atoms with van der Waals surface area (Å²) >= 11 is 13.4. The summed E-state index contributed by atoms with van der Waals surface area (Å²) in [6.45, 7) is 0.312. The Bertz CT molecular complexity index is 858. The monoisotopic (exact) mass is 378 g/mol. The van der Waals surface area contributed by atoms with Crippen LogP contribution in [0.3, 0.4) is 0 Å². The van der Waals surface area contributed by atoms with Gasteiger partial charge in [-0.05, 0) is 30.3 Å². The van der Waals surface area contributed by atoms with Gasteiger partial charge < -0.3 is 10.5 Å². The summed E-state index contributed by atoms with van der Waals surface area (Å²) in [5.74, 6) is 0.142. The predicted octanol–water partition coefficient (Wildman–Crippen LogP) is 4.79. The molecule has 0 aliphatic carbocycles. The van der Waals surface area contributed by atoms with Gasteiger partial charge in [-0.15, -0.1) is 11.3 Å². The van der Waals surface area contributed by atoms with E-state index in [1.807, 2.05) is 17.5 Å². The molecule has 0 spiro atoms. The second-order valence-electron chi connectivity index (χ2n) is 4.98. The molecular weight excluding hydrogens is 367 g/mol. The van der Waals surface area contributed by atoms with Crippen molar-refractivity contribution < 1.29 is 9.53 Å². The highest BCUT2D eigenvalue weighted by molar-refractivity contribution is 7.13. The summed E-state index contributed by atoms with van der Waals surface area (Å²) in [5, 5.41) is 3.80. The van der Waals surface area contributed by atoms with Crippen LogP contribution in [0.5, 0.6) is 5.75 Å². The van der Waals surface area contributed by atoms with Crippen LogP contribution < -0.4 is 10.5 Å². The van der Waals surface area contributed by atoms with Crippen molar-refractivity contribution in [2.45, 2.75) is 6.61 Å². The van der Waals surface area contributed by atoms with Gasteiger partial charge in [0.2, 0.25) is 5.91 Å². The number of benzene rings is 2. The summed E-state index contributed by atoms with van der Waals surface area (Å²) in [7, 11) is 0. The number of nitrogens with two attached hydrogens (primary N) is 1. The number of carbonyl (C=O) groups excluding carboxylic acids is 1. The van der Waals surface area contributed by atoms with Crippen molar-refractivity contribution in [3.63, 3.8) is 0 Å². The number of rotatable bonds is 5. The van der Waals surface area contributed by atoms with E-state index in [2.05, 4.69) is 4.98 Å². The first-order valence-corrected chi connectivity index (χ1v) is 8.58. The molecule has 2 aromatic carbocycles. The van der Waals surface area contributed by atoms with Crippen LogP contribution >= 0.6 is 34.5 Å². The molecule has 0 saturated heterocycles. The van der Waals surface area contributed by atoms with E-state index in [4.69, 9.17) is 33.7 Å². The number of primary amides is 1. The fourth-order valence-electron chi connectivity index (χ4n) is 2.05. The van der Waals surface area contributed by atoms with Crippen molar-refractivity contribution in [3.8, 4) is 16.3 Å². The molecule has 24 heavy (non-hydrogen) atoms. The van der Waals surface area contributed by atoms with Crippen molar-refractivity contribution in [2.24, 2.45) is 5.73 Å². The number of hydrogen-bond acceptors (Lipinski definition) is 4. The normalized spacial score (nSPS) is 10.6. The average molecular weight is 379 g/mol. The summed E-state index contributed by atoms with van der Waals surface area (Å²) in [4.78, 5) is 15.6. The summed E-state index contributed by atoms with van der Waals surface area (Å²) < 4.78 is 5.67. The first-order chi connectivity index (χ1) is 11.5. The quantitative estimate of drug-likeness (QED) is 0.693. The van der Waals surface area contributed by atoms with E-state index < -0.39 is 5.91 Å². The molecule has 3 rings (SSSR count). The molecule has 0 radical (unpaired) electrons. The van der Waals surface area contributed by atoms with Gasteiger partial charge in [-0.1, -0.05) is 35.3 Å². The molecule has 3 aromatic rings. The molecule has 1 heterocycles. The molecule has 4 nitrogen and oxygen atoms in total. The second kappa shape index (κ2) is 7.21. The summed E-state index contributed by atoms with van der Waals surface area (Å²) in [6, 6.07) is 12.0. The van der Waals surface area contributed by atoms with Crippen molar-refractivity contribution in [2.75, 3.05) is 0 Å². The maximum absolute atomic E-state index is 11.1. The van der Waals surface area contributed by atoms with Crippen molar-refractivity contribution in [1.29, 1.82) is 0 Å². The van der Waals surface area contributed by atoms with Crippen LogP contribution in [0.2, 0.25) is 10.0 Å². The van der Waals surface area contributed by atoms with Gasteiger partial charge in [0.25, 0.3) is 0 Å². The molecule has 0 bridgehead atoms. The van der Waals surface area contributed by atoms with E-state index >= 15 is 0 Å². The SMILES string of the molecule is NC(=O)c1ccc(-c2nc(COc3cc(Cl)cc(Cl)c3)cs2)cc1. The maximum atomic E-state index is 11.1. The number of carbonyl (C=O) groups is 1. The standard InChI is InChI=1S/C17H12Cl2N2O2S/c18-12-5-13(19)7-15(6-12)23-8-14-9-24-17(21-14)11-3-1-10(2-4-11)16(20)22/h1-7,9H,8H2,(H2,20,22). The zero-order chi connectivity index (χ0) is 17.1. The Morgan fingerprint density at radius 3 is 2.42 bits per heavy atom. The zero-order valence-electron chi connectivity index (χ0n) is 12.3. The largest absolute Gasteiger partial charge is 0.487 e. The molecule has 1 aromatic heterocycles. The molecule has 0 atom stereocenters. The second-order valence-corrected chi connectivity index (χ2v) is 6.71. The first-order valence-electron chi connectivity index (χ1n) is 6.95. The van der Waals surface area contributed by atoms with E-state index in [-0.39, 0.29) is 0 Å². The number of hydrogen-bond donors (Lipinski definition) is 1. The smallest absolute Gasteiger partial charge is 0.248 e. The maximum Gasteiger partial charge on any atom is 0.248 e. The third-order valence-corrected chi connectivity index (χ3v) is 4.57. The number of halogens is 2. The molecule has 0 unspecified atom stereocenters. The summed E-state index contributed by atoms with van der Waals surface area (Å²) in [6.07, 6.45) is 0. The Hall–Kier alpha value is -2.08. The minimum absolute atomic E-state index is 0.312. The number of aromatic nitrogens is 1. The zero-order valence-corrected chi connectivity index (χ0v) is 14.7. The Labute approximate surface area is 152 Å². The van der Waals surface area contributed by atoms with Crippen LogP contribution in [0.15, 0.2) is 47.8 Å². The van der Waals surface area contributed by atoms with Gasteiger partial charge >= 0.3 is 0 Å². The molecule has 0 aliphatic rings.